The summed E-state index contributed by atoms with van der Waals surface area (Å²) in [5, 5.41) is 0. The van der Waals surface area contributed by atoms with Gasteiger partial charge in [0.25, 0.3) is 0 Å². The molecule has 2 N–H and O–H groups in total. The van der Waals surface area contributed by atoms with Gasteiger partial charge in [-0.3, -0.25) is 4.79 Å². The van der Waals surface area contributed by atoms with E-state index in [1.807, 2.05) is 0 Å². The first-order valence-electron chi connectivity index (χ1n) is 6.21. The first-order chi connectivity index (χ1) is 6.93. The monoisotopic (exact) mass is 213 g/mol. The van der Waals surface area contributed by atoms with Gasteiger partial charge in [0.05, 0.1) is 6.04 Å². The molecule has 0 aliphatic rings. The molecular formula is C13H27NO. The van der Waals surface area contributed by atoms with Crippen molar-refractivity contribution >= 4 is 5.78 Å². The minimum atomic E-state index is -0.232. The summed E-state index contributed by atoms with van der Waals surface area (Å²) in [6.45, 7) is 8.64. The molecule has 0 saturated carbocycles. The summed E-state index contributed by atoms with van der Waals surface area (Å²) in [6, 6.07) is -0.232. The van der Waals surface area contributed by atoms with Crippen molar-refractivity contribution < 1.29 is 4.79 Å². The van der Waals surface area contributed by atoms with Crippen LogP contribution in [-0.4, -0.2) is 11.8 Å². The second-order valence-electron chi connectivity index (χ2n) is 5.34. The van der Waals surface area contributed by atoms with Crippen LogP contribution in [0.15, 0.2) is 0 Å². The lowest BCUT2D eigenvalue weighted by atomic mass is 9.97. The Bertz CT molecular complexity index is 175. The molecule has 0 aliphatic carbocycles. The van der Waals surface area contributed by atoms with Crippen molar-refractivity contribution in [2.75, 3.05) is 0 Å². The van der Waals surface area contributed by atoms with Gasteiger partial charge in [-0.05, 0) is 24.7 Å². The Hall–Kier alpha value is -0.370. The Morgan fingerprint density at radius 2 is 1.67 bits per heavy atom. The van der Waals surface area contributed by atoms with E-state index in [9.17, 15) is 4.79 Å². The number of carbonyl (C=O) groups excluding carboxylic acids is 1. The van der Waals surface area contributed by atoms with Gasteiger partial charge in [-0.25, -0.2) is 0 Å². The lowest BCUT2D eigenvalue weighted by Crippen LogP contribution is -2.31. The number of hydrogen-bond acceptors (Lipinski definition) is 2. The Balaban J connectivity index is 3.56. The summed E-state index contributed by atoms with van der Waals surface area (Å²) < 4.78 is 0. The molecule has 0 aromatic carbocycles. The van der Waals surface area contributed by atoms with Crippen LogP contribution in [0, 0.1) is 11.8 Å². The predicted octanol–water partition coefficient (Wildman–Crippen LogP) is 3.15. The topological polar surface area (TPSA) is 43.1 Å². The highest BCUT2D eigenvalue weighted by molar-refractivity contribution is 5.83. The number of Topliss-reactive ketones (excluding diaryl/α,β-unsaturated/α-hetero) is 1. The zero-order valence-corrected chi connectivity index (χ0v) is 10.8. The van der Waals surface area contributed by atoms with Crippen LogP contribution < -0.4 is 5.73 Å². The second kappa shape index (κ2) is 7.86. The Morgan fingerprint density at radius 1 is 1.07 bits per heavy atom. The molecule has 0 aliphatic heterocycles. The van der Waals surface area contributed by atoms with Gasteiger partial charge in [0.15, 0.2) is 0 Å². The van der Waals surface area contributed by atoms with E-state index in [4.69, 9.17) is 5.73 Å². The molecule has 0 heterocycles. The number of hydrogen-bond donors (Lipinski definition) is 1. The van der Waals surface area contributed by atoms with Crippen molar-refractivity contribution in [3.05, 3.63) is 0 Å². The van der Waals surface area contributed by atoms with Gasteiger partial charge in [0.1, 0.15) is 5.78 Å². The third-order valence-corrected chi connectivity index (χ3v) is 2.59. The van der Waals surface area contributed by atoms with Crippen LogP contribution in [0.2, 0.25) is 0 Å². The number of carbonyl (C=O) groups is 1. The van der Waals surface area contributed by atoms with Crippen molar-refractivity contribution in [1.82, 2.24) is 0 Å². The number of nitrogens with two attached hydrogens (primary N) is 1. The molecule has 0 aromatic heterocycles. The third-order valence-electron chi connectivity index (χ3n) is 2.59. The summed E-state index contributed by atoms with van der Waals surface area (Å²) >= 11 is 0. The fourth-order valence-electron chi connectivity index (χ4n) is 1.68. The van der Waals surface area contributed by atoms with Gasteiger partial charge in [0.2, 0.25) is 0 Å². The third kappa shape index (κ3) is 8.61. The normalized spacial score (nSPS) is 13.5. The summed E-state index contributed by atoms with van der Waals surface area (Å²) in [4.78, 5) is 11.6. The maximum atomic E-state index is 11.6. The van der Waals surface area contributed by atoms with E-state index in [0.29, 0.717) is 12.3 Å². The van der Waals surface area contributed by atoms with Crippen LogP contribution >= 0.6 is 0 Å². The van der Waals surface area contributed by atoms with Crippen LogP contribution in [0.25, 0.3) is 0 Å². The highest BCUT2D eigenvalue weighted by Gasteiger charge is 2.14. The van der Waals surface area contributed by atoms with Gasteiger partial charge in [-0.1, -0.05) is 40.5 Å². The largest absolute Gasteiger partial charge is 0.322 e. The van der Waals surface area contributed by atoms with Crippen molar-refractivity contribution in [1.29, 1.82) is 0 Å². The minimum absolute atomic E-state index is 0.232. The molecule has 0 radical (unpaired) electrons. The Kier molecular flexibility index (Phi) is 7.67. The maximum absolute atomic E-state index is 11.6. The van der Waals surface area contributed by atoms with Gasteiger partial charge in [0, 0.05) is 6.42 Å². The van der Waals surface area contributed by atoms with Crippen LogP contribution in [0.4, 0.5) is 0 Å². The van der Waals surface area contributed by atoms with Crippen LogP contribution in [0.1, 0.15) is 59.8 Å². The molecule has 0 spiro atoms. The zero-order chi connectivity index (χ0) is 11.8. The van der Waals surface area contributed by atoms with E-state index >= 15 is 0 Å². The van der Waals surface area contributed by atoms with Crippen molar-refractivity contribution in [2.24, 2.45) is 17.6 Å². The van der Waals surface area contributed by atoms with Gasteiger partial charge < -0.3 is 5.73 Å². The first kappa shape index (κ1) is 14.6. The molecular weight excluding hydrogens is 186 g/mol. The smallest absolute Gasteiger partial charge is 0.149 e. The highest BCUT2D eigenvalue weighted by atomic mass is 16.1. The molecule has 15 heavy (non-hydrogen) atoms. The molecule has 0 aromatic rings. The molecule has 0 fully saturated rings. The van der Waals surface area contributed by atoms with Crippen LogP contribution in [0.5, 0.6) is 0 Å². The fourth-order valence-corrected chi connectivity index (χ4v) is 1.68. The summed E-state index contributed by atoms with van der Waals surface area (Å²) in [5.41, 5.74) is 5.81. The van der Waals surface area contributed by atoms with Crippen LogP contribution in [-0.2, 0) is 4.79 Å². The summed E-state index contributed by atoms with van der Waals surface area (Å²) in [7, 11) is 0. The highest BCUT2D eigenvalue weighted by Crippen LogP contribution is 2.11. The molecule has 2 heteroatoms. The SMILES string of the molecule is CC(C)CCCCC(=O)[C@H](N)CC(C)C. The molecule has 0 saturated heterocycles. The standard InChI is InChI=1S/C13H27NO/c1-10(2)7-5-6-8-13(15)12(14)9-11(3)4/h10-12H,5-9,14H2,1-4H3/t12-/m1/s1. The van der Waals surface area contributed by atoms with E-state index in [0.717, 1.165) is 25.2 Å². The molecule has 2 nitrogen and oxygen atoms in total. The first-order valence-corrected chi connectivity index (χ1v) is 6.21. The van der Waals surface area contributed by atoms with Gasteiger partial charge in [-0.15, -0.1) is 0 Å². The fraction of sp³-hybridized carbons (Fsp3) is 0.923. The predicted molar refractivity (Wildman–Crippen MR) is 65.7 cm³/mol. The molecule has 0 rings (SSSR count). The number of rotatable bonds is 8. The van der Waals surface area contributed by atoms with E-state index in [2.05, 4.69) is 27.7 Å². The van der Waals surface area contributed by atoms with Gasteiger partial charge in [-0.2, -0.15) is 0 Å². The van der Waals surface area contributed by atoms with Gasteiger partial charge >= 0.3 is 0 Å². The second-order valence-corrected chi connectivity index (χ2v) is 5.34. The summed E-state index contributed by atoms with van der Waals surface area (Å²) in [6.07, 6.45) is 4.86. The molecule has 1 atom stereocenters. The summed E-state index contributed by atoms with van der Waals surface area (Å²) in [5.74, 6) is 1.50. The van der Waals surface area contributed by atoms with Crippen LogP contribution in [0.3, 0.4) is 0 Å². The lowest BCUT2D eigenvalue weighted by molar-refractivity contribution is -0.120. The average molecular weight is 213 g/mol. The molecule has 90 valence electrons. The molecule has 0 amide bonds. The lowest BCUT2D eigenvalue weighted by Gasteiger charge is -2.12. The average Bonchev–Trinajstić information content (AvgIpc) is 2.10. The number of unbranched alkanes of at least 4 members (excludes halogenated alkanes) is 1. The van der Waals surface area contributed by atoms with Crippen molar-refractivity contribution in [3.8, 4) is 0 Å². The van der Waals surface area contributed by atoms with E-state index in [-0.39, 0.29) is 11.8 Å². The van der Waals surface area contributed by atoms with E-state index < -0.39 is 0 Å². The van der Waals surface area contributed by atoms with Crippen molar-refractivity contribution in [2.45, 2.75) is 65.8 Å². The quantitative estimate of drug-likeness (QED) is 0.629. The molecule has 0 bridgehead atoms. The molecule has 0 unspecified atom stereocenters. The van der Waals surface area contributed by atoms with E-state index in [1.165, 1.54) is 6.42 Å². The zero-order valence-electron chi connectivity index (χ0n) is 10.8. The minimum Gasteiger partial charge on any atom is -0.322 e. The Morgan fingerprint density at radius 3 is 2.13 bits per heavy atom. The number of ketones is 1. The van der Waals surface area contributed by atoms with E-state index in [1.54, 1.807) is 0 Å². The maximum Gasteiger partial charge on any atom is 0.149 e. The van der Waals surface area contributed by atoms with Crippen molar-refractivity contribution in [3.63, 3.8) is 0 Å². The Labute approximate surface area is 94.6 Å².